The van der Waals surface area contributed by atoms with E-state index in [9.17, 15) is 23.1 Å². The van der Waals surface area contributed by atoms with Gasteiger partial charge in [-0.15, -0.1) is 0 Å². The SMILES string of the molecule is COC(=O)C(O)(c1c[nH]c2ccc(C)cc12)C(F)(F)F. The second kappa shape index (κ2) is 4.52. The number of benzene rings is 1. The quantitative estimate of drug-likeness (QED) is 0.834. The molecule has 2 N–H and O–H groups in total. The van der Waals surface area contributed by atoms with E-state index in [1.165, 1.54) is 6.07 Å². The molecule has 1 unspecified atom stereocenters. The van der Waals surface area contributed by atoms with E-state index in [0.29, 0.717) is 11.1 Å². The van der Waals surface area contributed by atoms with E-state index in [4.69, 9.17) is 0 Å². The van der Waals surface area contributed by atoms with Crippen LogP contribution in [-0.2, 0) is 15.1 Å². The lowest BCUT2D eigenvalue weighted by molar-refractivity contribution is -0.266. The van der Waals surface area contributed by atoms with Crippen LogP contribution in [0.4, 0.5) is 13.2 Å². The number of hydrogen-bond donors (Lipinski definition) is 2. The molecule has 0 saturated carbocycles. The zero-order chi connectivity index (χ0) is 15.1. The highest BCUT2D eigenvalue weighted by Crippen LogP contribution is 2.42. The zero-order valence-corrected chi connectivity index (χ0v) is 10.7. The molecule has 4 nitrogen and oxygen atoms in total. The molecule has 20 heavy (non-hydrogen) atoms. The van der Waals surface area contributed by atoms with Gasteiger partial charge in [-0.25, -0.2) is 4.79 Å². The third-order valence-corrected chi connectivity index (χ3v) is 3.12. The smallest absolute Gasteiger partial charge is 0.432 e. The van der Waals surface area contributed by atoms with E-state index >= 15 is 0 Å². The molecule has 0 saturated heterocycles. The summed E-state index contributed by atoms with van der Waals surface area (Å²) in [7, 11) is 0.791. The van der Waals surface area contributed by atoms with Gasteiger partial charge < -0.3 is 14.8 Å². The number of aromatic nitrogens is 1. The first-order valence-corrected chi connectivity index (χ1v) is 5.67. The van der Waals surface area contributed by atoms with Crippen molar-refractivity contribution >= 4 is 16.9 Å². The van der Waals surface area contributed by atoms with Crippen LogP contribution in [0.25, 0.3) is 10.9 Å². The molecule has 0 amide bonds. The number of fused-ring (bicyclic) bond motifs is 1. The minimum Gasteiger partial charge on any atom is -0.466 e. The first-order valence-electron chi connectivity index (χ1n) is 5.67. The number of halogens is 3. The average Bonchev–Trinajstić information content (AvgIpc) is 2.78. The third-order valence-electron chi connectivity index (χ3n) is 3.12. The fourth-order valence-corrected chi connectivity index (χ4v) is 2.06. The highest BCUT2D eigenvalue weighted by molar-refractivity contribution is 5.92. The van der Waals surface area contributed by atoms with Gasteiger partial charge in [0.25, 0.3) is 5.60 Å². The summed E-state index contributed by atoms with van der Waals surface area (Å²) < 4.78 is 43.6. The molecule has 0 fully saturated rings. The molecule has 0 spiro atoms. The molecule has 1 atom stereocenters. The fourth-order valence-electron chi connectivity index (χ4n) is 2.06. The van der Waals surface area contributed by atoms with Crippen LogP contribution in [0.5, 0.6) is 0 Å². The van der Waals surface area contributed by atoms with Crippen LogP contribution >= 0.6 is 0 Å². The summed E-state index contributed by atoms with van der Waals surface area (Å²) in [5.41, 5.74) is -3.19. The van der Waals surface area contributed by atoms with Crippen molar-refractivity contribution in [2.24, 2.45) is 0 Å². The molecule has 108 valence electrons. The molecule has 1 heterocycles. The first kappa shape index (κ1) is 14.4. The summed E-state index contributed by atoms with van der Waals surface area (Å²) in [5, 5.41) is 10.1. The van der Waals surface area contributed by atoms with E-state index < -0.39 is 23.3 Å². The van der Waals surface area contributed by atoms with Crippen LogP contribution in [0.2, 0.25) is 0 Å². The molecule has 2 aromatic rings. The summed E-state index contributed by atoms with van der Waals surface area (Å²) in [6.07, 6.45) is -4.23. The molecular formula is C13H12F3NO3. The topological polar surface area (TPSA) is 62.3 Å². The molecule has 2 rings (SSSR count). The largest absolute Gasteiger partial charge is 0.466 e. The number of carbonyl (C=O) groups is 1. The van der Waals surface area contributed by atoms with Crippen molar-refractivity contribution in [1.29, 1.82) is 0 Å². The zero-order valence-electron chi connectivity index (χ0n) is 10.7. The molecule has 1 aromatic carbocycles. The van der Waals surface area contributed by atoms with E-state index in [1.54, 1.807) is 19.1 Å². The van der Waals surface area contributed by atoms with Crippen molar-refractivity contribution in [3.8, 4) is 0 Å². The van der Waals surface area contributed by atoms with E-state index in [1.807, 2.05) is 0 Å². The van der Waals surface area contributed by atoms with Gasteiger partial charge in [0, 0.05) is 22.7 Å². The lowest BCUT2D eigenvalue weighted by Gasteiger charge is -2.27. The van der Waals surface area contributed by atoms with Crippen LogP contribution in [0, 0.1) is 6.92 Å². The molecule has 7 heteroatoms. The number of aryl methyl sites for hydroxylation is 1. The number of ether oxygens (including phenoxy) is 1. The Morgan fingerprint density at radius 3 is 2.55 bits per heavy atom. The van der Waals surface area contributed by atoms with Crippen LogP contribution in [0.3, 0.4) is 0 Å². The number of hydrogen-bond acceptors (Lipinski definition) is 3. The van der Waals surface area contributed by atoms with E-state index in [0.717, 1.165) is 13.3 Å². The lowest BCUT2D eigenvalue weighted by Crippen LogP contribution is -2.49. The van der Waals surface area contributed by atoms with Gasteiger partial charge in [0.2, 0.25) is 0 Å². The third kappa shape index (κ3) is 1.94. The summed E-state index contributed by atoms with van der Waals surface area (Å²) in [4.78, 5) is 14.1. The highest BCUT2D eigenvalue weighted by atomic mass is 19.4. The predicted octanol–water partition coefficient (Wildman–Crippen LogP) is 2.40. The highest BCUT2D eigenvalue weighted by Gasteiger charge is 2.62. The van der Waals surface area contributed by atoms with Gasteiger partial charge in [0.15, 0.2) is 0 Å². The number of aromatic amines is 1. The number of alkyl halides is 3. The predicted molar refractivity (Wildman–Crippen MR) is 65.0 cm³/mol. The fraction of sp³-hybridized carbons (Fsp3) is 0.308. The van der Waals surface area contributed by atoms with Crippen molar-refractivity contribution in [1.82, 2.24) is 4.98 Å². The maximum absolute atomic E-state index is 13.2. The number of rotatable bonds is 2. The number of nitrogens with one attached hydrogen (secondary N) is 1. The summed E-state index contributed by atoms with van der Waals surface area (Å²) >= 11 is 0. The van der Waals surface area contributed by atoms with Crippen LogP contribution in [0.15, 0.2) is 24.4 Å². The number of esters is 1. The molecule has 0 aliphatic carbocycles. The van der Waals surface area contributed by atoms with Gasteiger partial charge in [0.05, 0.1) is 7.11 Å². The second-order valence-corrected chi connectivity index (χ2v) is 4.45. The Balaban J connectivity index is 2.76. The Hall–Kier alpha value is -2.02. The molecule has 0 aliphatic rings. The Bertz CT molecular complexity index is 662. The van der Waals surface area contributed by atoms with Gasteiger partial charge in [0.1, 0.15) is 0 Å². The first-order chi connectivity index (χ1) is 9.21. The number of methoxy groups -OCH3 is 1. The van der Waals surface area contributed by atoms with E-state index in [2.05, 4.69) is 9.72 Å². The number of aliphatic hydroxyl groups is 1. The minimum absolute atomic E-state index is 0.121. The van der Waals surface area contributed by atoms with Gasteiger partial charge in [-0.3, -0.25) is 0 Å². The van der Waals surface area contributed by atoms with Gasteiger partial charge >= 0.3 is 12.1 Å². The molecule has 0 aliphatic heterocycles. The standard InChI is InChI=1S/C13H12F3NO3/c1-7-3-4-10-8(5-7)9(6-17-10)12(19,11(18)20-2)13(14,15)16/h3-6,17,19H,1-2H3. The summed E-state index contributed by atoms with van der Waals surface area (Å²) in [6.45, 7) is 1.70. The normalized spacial score (nSPS) is 15.1. The van der Waals surface area contributed by atoms with Gasteiger partial charge in [-0.2, -0.15) is 13.2 Å². The summed E-state index contributed by atoms with van der Waals surface area (Å²) in [6, 6.07) is 4.73. The Morgan fingerprint density at radius 1 is 1.35 bits per heavy atom. The van der Waals surface area contributed by atoms with Crippen molar-refractivity contribution in [3.05, 3.63) is 35.5 Å². The van der Waals surface area contributed by atoms with Gasteiger partial charge in [-0.05, 0) is 19.1 Å². The maximum Gasteiger partial charge on any atom is 0.432 e. The van der Waals surface area contributed by atoms with E-state index in [-0.39, 0.29) is 5.39 Å². The molecule has 0 radical (unpaired) electrons. The Morgan fingerprint density at radius 2 is 2.00 bits per heavy atom. The molecular weight excluding hydrogens is 275 g/mol. The Kier molecular flexibility index (Phi) is 3.25. The van der Waals surface area contributed by atoms with Crippen LogP contribution in [0.1, 0.15) is 11.1 Å². The monoisotopic (exact) mass is 287 g/mol. The minimum atomic E-state index is -5.20. The maximum atomic E-state index is 13.2. The summed E-state index contributed by atoms with van der Waals surface area (Å²) in [5.74, 6) is -1.77. The molecule has 1 aromatic heterocycles. The van der Waals surface area contributed by atoms with Crippen LogP contribution in [-0.4, -0.2) is 29.3 Å². The number of H-pyrrole nitrogens is 1. The van der Waals surface area contributed by atoms with Crippen molar-refractivity contribution in [2.45, 2.75) is 18.7 Å². The van der Waals surface area contributed by atoms with Crippen molar-refractivity contribution in [2.75, 3.05) is 7.11 Å². The molecule has 0 bridgehead atoms. The second-order valence-electron chi connectivity index (χ2n) is 4.45. The van der Waals surface area contributed by atoms with Crippen molar-refractivity contribution in [3.63, 3.8) is 0 Å². The van der Waals surface area contributed by atoms with Crippen LogP contribution < -0.4 is 0 Å². The van der Waals surface area contributed by atoms with Crippen molar-refractivity contribution < 1.29 is 27.8 Å². The lowest BCUT2D eigenvalue weighted by atomic mass is 9.92. The number of carbonyl (C=O) groups excluding carboxylic acids is 1. The Labute approximate surface area is 112 Å². The average molecular weight is 287 g/mol. The van der Waals surface area contributed by atoms with Gasteiger partial charge in [-0.1, -0.05) is 11.6 Å².